The van der Waals surface area contributed by atoms with Gasteiger partial charge in [0.05, 0.1) is 6.42 Å². The summed E-state index contributed by atoms with van der Waals surface area (Å²) < 4.78 is 1.80. The molecule has 146 valence electrons. The molecule has 1 aromatic carbocycles. The molecule has 0 aliphatic carbocycles. The molecular weight excluding hydrogens is 354 g/mol. The quantitative estimate of drug-likeness (QED) is 0.710. The van der Waals surface area contributed by atoms with Crippen LogP contribution in [0.3, 0.4) is 0 Å². The molecule has 1 fully saturated rings. The van der Waals surface area contributed by atoms with Crippen LogP contribution in [0.1, 0.15) is 35.8 Å². The molecule has 1 aliphatic rings. The van der Waals surface area contributed by atoms with Gasteiger partial charge < -0.3 is 20.2 Å². The van der Waals surface area contributed by atoms with E-state index < -0.39 is 5.91 Å². The molecule has 0 saturated carbocycles. The van der Waals surface area contributed by atoms with Gasteiger partial charge in [0.25, 0.3) is 0 Å². The smallest absolute Gasteiger partial charge is 0.237 e. The number of hydrogen-bond acceptors (Lipinski definition) is 3. The van der Waals surface area contributed by atoms with E-state index in [1.165, 1.54) is 0 Å². The molecule has 7 heteroatoms. The SMILES string of the molecule is Cc1[nH]c2ccccc2c1CC(=O)N1CCCC(c2nccn2CC(N)=O)C1. The van der Waals surface area contributed by atoms with Crippen LogP contribution in [-0.4, -0.2) is 44.3 Å². The number of hydrogen-bond donors (Lipinski definition) is 2. The molecule has 3 heterocycles. The van der Waals surface area contributed by atoms with Gasteiger partial charge in [0.15, 0.2) is 0 Å². The second kappa shape index (κ2) is 7.50. The van der Waals surface area contributed by atoms with Gasteiger partial charge >= 0.3 is 0 Å². The summed E-state index contributed by atoms with van der Waals surface area (Å²) in [6.45, 7) is 3.51. The summed E-state index contributed by atoms with van der Waals surface area (Å²) in [5, 5.41) is 1.11. The number of piperidine rings is 1. The molecular formula is C21H25N5O2. The molecule has 7 nitrogen and oxygen atoms in total. The average molecular weight is 379 g/mol. The molecule has 1 atom stereocenters. The largest absolute Gasteiger partial charge is 0.368 e. The van der Waals surface area contributed by atoms with Gasteiger partial charge in [-0.25, -0.2) is 4.98 Å². The highest BCUT2D eigenvalue weighted by Crippen LogP contribution is 2.28. The highest BCUT2D eigenvalue weighted by Gasteiger charge is 2.28. The van der Waals surface area contributed by atoms with Crippen molar-refractivity contribution in [3.05, 3.63) is 53.7 Å². The lowest BCUT2D eigenvalue weighted by Crippen LogP contribution is -2.40. The van der Waals surface area contributed by atoms with Gasteiger partial charge in [-0.2, -0.15) is 0 Å². The number of benzene rings is 1. The van der Waals surface area contributed by atoms with Gasteiger partial charge in [-0.15, -0.1) is 0 Å². The van der Waals surface area contributed by atoms with E-state index in [-0.39, 0.29) is 18.4 Å². The number of imidazole rings is 1. The van der Waals surface area contributed by atoms with E-state index in [9.17, 15) is 9.59 Å². The molecule has 1 aliphatic heterocycles. The fraction of sp³-hybridized carbons (Fsp3) is 0.381. The third-order valence-corrected chi connectivity index (χ3v) is 5.57. The number of aromatic nitrogens is 3. The molecule has 3 aromatic rings. The molecule has 1 unspecified atom stereocenters. The van der Waals surface area contributed by atoms with Crippen molar-refractivity contribution in [1.29, 1.82) is 0 Å². The zero-order valence-corrected chi connectivity index (χ0v) is 16.0. The predicted molar refractivity (Wildman–Crippen MR) is 107 cm³/mol. The summed E-state index contributed by atoms with van der Waals surface area (Å²) in [6, 6.07) is 8.08. The topological polar surface area (TPSA) is 97.0 Å². The number of para-hydroxylation sites is 1. The number of H-pyrrole nitrogens is 1. The summed E-state index contributed by atoms with van der Waals surface area (Å²) in [6.07, 6.45) is 5.72. The van der Waals surface area contributed by atoms with Crippen LogP contribution >= 0.6 is 0 Å². The van der Waals surface area contributed by atoms with Crippen molar-refractivity contribution < 1.29 is 9.59 Å². The third-order valence-electron chi connectivity index (χ3n) is 5.57. The highest BCUT2D eigenvalue weighted by atomic mass is 16.2. The van der Waals surface area contributed by atoms with Gasteiger partial charge in [0.2, 0.25) is 11.8 Å². The summed E-state index contributed by atoms with van der Waals surface area (Å²) in [4.78, 5) is 34.1. The maximum Gasteiger partial charge on any atom is 0.237 e. The van der Waals surface area contributed by atoms with Gasteiger partial charge in [-0.3, -0.25) is 9.59 Å². The standard InChI is InChI=1S/C21H25N5O2/c1-14-17(16-6-2-3-7-18(16)24-14)11-20(28)25-9-4-5-15(12-25)21-23-8-10-26(21)13-19(22)27/h2-3,6-8,10,15,24H,4-5,9,11-13H2,1H3,(H2,22,27). The number of fused-ring (bicyclic) bond motifs is 1. The maximum atomic E-state index is 13.0. The Hall–Kier alpha value is -3.09. The number of aryl methyl sites for hydroxylation is 1. The minimum absolute atomic E-state index is 0.119. The van der Waals surface area contributed by atoms with Gasteiger partial charge in [-0.05, 0) is 31.4 Å². The van der Waals surface area contributed by atoms with Crippen molar-refractivity contribution in [3.63, 3.8) is 0 Å². The van der Waals surface area contributed by atoms with Crippen LogP contribution in [0.2, 0.25) is 0 Å². The Morgan fingerprint density at radius 1 is 1.32 bits per heavy atom. The molecule has 2 aromatic heterocycles. The third kappa shape index (κ3) is 3.52. The van der Waals surface area contributed by atoms with Crippen molar-refractivity contribution in [3.8, 4) is 0 Å². The van der Waals surface area contributed by atoms with Crippen LogP contribution < -0.4 is 5.73 Å². The minimum atomic E-state index is -0.391. The van der Waals surface area contributed by atoms with Crippen molar-refractivity contribution in [1.82, 2.24) is 19.4 Å². The van der Waals surface area contributed by atoms with E-state index in [4.69, 9.17) is 5.73 Å². The zero-order valence-electron chi connectivity index (χ0n) is 16.0. The number of carbonyl (C=O) groups excluding carboxylic acids is 2. The van der Waals surface area contributed by atoms with Crippen molar-refractivity contribution in [2.75, 3.05) is 13.1 Å². The summed E-state index contributed by atoms with van der Waals surface area (Å²) in [5.41, 5.74) is 8.51. The lowest BCUT2D eigenvalue weighted by Gasteiger charge is -2.32. The summed E-state index contributed by atoms with van der Waals surface area (Å²) >= 11 is 0. The predicted octanol–water partition coefficient (Wildman–Crippen LogP) is 2.11. The van der Waals surface area contributed by atoms with Crippen molar-refractivity contribution in [2.45, 2.75) is 38.6 Å². The van der Waals surface area contributed by atoms with Crippen LogP contribution in [0.4, 0.5) is 0 Å². The number of aromatic amines is 1. The van der Waals surface area contributed by atoms with Gasteiger partial charge in [0.1, 0.15) is 12.4 Å². The first-order valence-corrected chi connectivity index (χ1v) is 9.66. The Bertz CT molecular complexity index is 1020. The van der Waals surface area contributed by atoms with Crippen molar-refractivity contribution >= 4 is 22.7 Å². The van der Waals surface area contributed by atoms with E-state index in [0.29, 0.717) is 13.0 Å². The number of carbonyl (C=O) groups is 2. The van der Waals surface area contributed by atoms with Gasteiger partial charge in [-0.1, -0.05) is 18.2 Å². The minimum Gasteiger partial charge on any atom is -0.368 e. The first kappa shape index (κ1) is 18.3. The monoisotopic (exact) mass is 379 g/mol. The fourth-order valence-electron chi connectivity index (χ4n) is 4.22. The van der Waals surface area contributed by atoms with E-state index in [2.05, 4.69) is 16.0 Å². The Balaban J connectivity index is 1.50. The Morgan fingerprint density at radius 2 is 2.14 bits per heavy atom. The zero-order chi connectivity index (χ0) is 19.7. The summed E-state index contributed by atoms with van der Waals surface area (Å²) in [7, 11) is 0. The maximum absolute atomic E-state index is 13.0. The van der Waals surface area contributed by atoms with Gasteiger partial charge in [0, 0.05) is 48.0 Å². The lowest BCUT2D eigenvalue weighted by molar-refractivity contribution is -0.131. The van der Waals surface area contributed by atoms with Crippen LogP contribution in [-0.2, 0) is 22.6 Å². The molecule has 3 N–H and O–H groups in total. The lowest BCUT2D eigenvalue weighted by atomic mass is 9.96. The highest BCUT2D eigenvalue weighted by molar-refractivity contribution is 5.90. The van der Waals surface area contributed by atoms with E-state index in [0.717, 1.165) is 47.4 Å². The number of likely N-dealkylation sites (tertiary alicyclic amines) is 1. The molecule has 1 saturated heterocycles. The number of primary amides is 1. The van der Waals surface area contributed by atoms with E-state index in [1.807, 2.05) is 30.0 Å². The molecule has 28 heavy (non-hydrogen) atoms. The number of nitrogens with one attached hydrogen (secondary N) is 1. The van der Waals surface area contributed by atoms with Crippen molar-refractivity contribution in [2.24, 2.45) is 5.73 Å². The Labute approximate surface area is 163 Å². The van der Waals surface area contributed by atoms with Crippen LogP contribution in [0.25, 0.3) is 10.9 Å². The molecule has 4 rings (SSSR count). The number of amides is 2. The molecule has 2 amide bonds. The molecule has 0 spiro atoms. The molecule has 0 radical (unpaired) electrons. The Kier molecular flexibility index (Phi) is 4.90. The van der Waals surface area contributed by atoms with Crippen LogP contribution in [0, 0.1) is 6.92 Å². The Morgan fingerprint density at radius 3 is 2.96 bits per heavy atom. The normalized spacial score (nSPS) is 17.2. The summed E-state index contributed by atoms with van der Waals surface area (Å²) in [5.74, 6) is 0.694. The average Bonchev–Trinajstić information content (AvgIpc) is 3.26. The second-order valence-electron chi connectivity index (χ2n) is 7.51. The first-order valence-electron chi connectivity index (χ1n) is 9.66. The van der Waals surface area contributed by atoms with E-state index >= 15 is 0 Å². The fourth-order valence-corrected chi connectivity index (χ4v) is 4.22. The van der Waals surface area contributed by atoms with Crippen LogP contribution in [0.5, 0.6) is 0 Å². The molecule has 0 bridgehead atoms. The second-order valence-corrected chi connectivity index (χ2v) is 7.51. The number of nitrogens with two attached hydrogens (primary N) is 1. The van der Waals surface area contributed by atoms with Crippen LogP contribution in [0.15, 0.2) is 36.7 Å². The van der Waals surface area contributed by atoms with E-state index in [1.54, 1.807) is 17.0 Å². The first-order chi connectivity index (χ1) is 13.5. The number of nitrogens with zero attached hydrogens (tertiary/aromatic N) is 3. The number of rotatable bonds is 5.